The number of ether oxygens (including phenoxy) is 2. The lowest BCUT2D eigenvalue weighted by molar-refractivity contribution is -0.0594. The van der Waals surface area contributed by atoms with Gasteiger partial charge in [-0.15, -0.1) is 0 Å². The van der Waals surface area contributed by atoms with Crippen molar-refractivity contribution in [3.8, 4) is 5.75 Å². The monoisotopic (exact) mass is 633 g/mol. The average Bonchev–Trinajstić information content (AvgIpc) is 3.40. The summed E-state index contributed by atoms with van der Waals surface area (Å²) in [5, 5.41) is 0. The topological polar surface area (TPSA) is 35.5 Å². The first-order valence-corrected chi connectivity index (χ1v) is 19.8. The van der Waals surface area contributed by atoms with Crippen molar-refractivity contribution in [3.05, 3.63) is 41.5 Å². The second-order valence-electron chi connectivity index (χ2n) is 17.1. The molecular weight excluding hydrogens is 564 g/mol. The summed E-state index contributed by atoms with van der Waals surface area (Å²) in [6.45, 7) is 15.6. The molecule has 0 radical (unpaired) electrons. The van der Waals surface area contributed by atoms with E-state index in [4.69, 9.17) is 9.47 Å². The Morgan fingerprint density at radius 1 is 0.848 bits per heavy atom. The number of benzene rings is 1. The normalized spacial score (nSPS) is 32.7. The highest BCUT2D eigenvalue weighted by Gasteiger charge is 2.59. The summed E-state index contributed by atoms with van der Waals surface area (Å²) < 4.78 is 12.1. The minimum Gasteiger partial charge on any atom is -0.494 e. The quantitative estimate of drug-likeness (QED) is 0.103. The lowest BCUT2D eigenvalue weighted by Crippen LogP contribution is -2.51. The van der Waals surface area contributed by atoms with Crippen LogP contribution in [0, 0.1) is 46.3 Å². The molecular formula is C43H68O3. The zero-order valence-corrected chi connectivity index (χ0v) is 30.6. The zero-order valence-electron chi connectivity index (χ0n) is 30.6. The first-order valence-electron chi connectivity index (χ1n) is 19.8. The highest BCUT2D eigenvalue weighted by molar-refractivity contribution is 5.89. The Hall–Kier alpha value is -1.77. The van der Waals surface area contributed by atoms with Crippen LogP contribution in [0.25, 0.3) is 0 Å². The van der Waals surface area contributed by atoms with Crippen LogP contribution in [0.4, 0.5) is 0 Å². The van der Waals surface area contributed by atoms with E-state index >= 15 is 0 Å². The van der Waals surface area contributed by atoms with Crippen molar-refractivity contribution in [2.24, 2.45) is 46.3 Å². The van der Waals surface area contributed by atoms with E-state index in [0.717, 1.165) is 73.5 Å². The highest BCUT2D eigenvalue weighted by Crippen LogP contribution is 2.67. The van der Waals surface area contributed by atoms with Gasteiger partial charge in [-0.25, -0.2) is 4.79 Å². The molecule has 258 valence electrons. The molecule has 0 spiro atoms. The van der Waals surface area contributed by atoms with Crippen LogP contribution in [0.2, 0.25) is 0 Å². The van der Waals surface area contributed by atoms with Crippen LogP contribution in [0.15, 0.2) is 35.9 Å². The lowest BCUT2D eigenvalue weighted by atomic mass is 9.47. The van der Waals surface area contributed by atoms with E-state index in [9.17, 15) is 4.79 Å². The van der Waals surface area contributed by atoms with E-state index in [2.05, 4.69) is 47.6 Å². The Morgan fingerprint density at radius 2 is 1.59 bits per heavy atom. The summed E-state index contributed by atoms with van der Waals surface area (Å²) in [6, 6.07) is 7.60. The molecule has 3 heteroatoms. The molecule has 1 aromatic rings. The van der Waals surface area contributed by atoms with Crippen molar-refractivity contribution in [2.45, 2.75) is 163 Å². The van der Waals surface area contributed by atoms with Crippen LogP contribution in [0.1, 0.15) is 167 Å². The van der Waals surface area contributed by atoms with Gasteiger partial charge in [0.05, 0.1) is 12.2 Å². The summed E-state index contributed by atoms with van der Waals surface area (Å²) in [5.41, 5.74) is 3.03. The molecule has 8 atom stereocenters. The first kappa shape index (κ1) is 35.5. The van der Waals surface area contributed by atoms with E-state index < -0.39 is 0 Å². The summed E-state index contributed by atoms with van der Waals surface area (Å²) >= 11 is 0. The van der Waals surface area contributed by atoms with Crippen molar-refractivity contribution < 1.29 is 14.3 Å². The molecule has 0 aromatic heterocycles. The Kier molecular flexibility index (Phi) is 12.4. The molecule has 4 aliphatic rings. The van der Waals surface area contributed by atoms with Crippen LogP contribution < -0.4 is 4.74 Å². The highest BCUT2D eigenvalue weighted by atomic mass is 16.5. The predicted octanol–water partition coefficient (Wildman–Crippen LogP) is 12.4. The minimum atomic E-state index is -0.186. The molecule has 3 fully saturated rings. The SMILES string of the molecule is CCCCCCCCCOc1ccc(C(=O)O[C@H]2CC[C@@]3(C)C(=CC[C@@H]4[C@H]5CC[C@@H]([C@H](C)CCCC(C)C)[C@]5(C)CC[C@H]43)C2)cc1. The fourth-order valence-electron chi connectivity index (χ4n) is 10.9. The lowest BCUT2D eigenvalue weighted by Gasteiger charge is -2.58. The molecule has 46 heavy (non-hydrogen) atoms. The van der Waals surface area contributed by atoms with E-state index in [1.54, 1.807) is 5.57 Å². The molecule has 0 N–H and O–H groups in total. The summed E-state index contributed by atoms with van der Waals surface area (Å²) in [7, 11) is 0. The van der Waals surface area contributed by atoms with Crippen molar-refractivity contribution in [1.29, 1.82) is 0 Å². The van der Waals surface area contributed by atoms with Gasteiger partial charge in [-0.3, -0.25) is 0 Å². The number of allylic oxidation sites excluding steroid dienone is 1. The van der Waals surface area contributed by atoms with Crippen molar-refractivity contribution in [2.75, 3.05) is 6.61 Å². The molecule has 0 unspecified atom stereocenters. The van der Waals surface area contributed by atoms with Crippen molar-refractivity contribution in [3.63, 3.8) is 0 Å². The standard InChI is InChI=1S/C43H68O3/c1-7-8-9-10-11-12-13-29-45-35-20-17-33(18-21-35)41(44)46-36-25-27-42(5)34(30-36)19-22-37-39-24-23-38(32(4)16-14-15-31(2)3)43(39,6)28-26-40(37)42/h17-21,31-32,36-40H,7-16,22-30H2,1-6H3/t32-,36+,37-,38+,39-,40-,42+,43+/m1/s1. The van der Waals surface area contributed by atoms with E-state index in [1.165, 1.54) is 89.9 Å². The fraction of sp³-hybridized carbons (Fsp3) is 0.791. The summed E-state index contributed by atoms with van der Waals surface area (Å²) in [5.74, 6) is 5.77. The molecule has 0 heterocycles. The molecule has 5 rings (SSSR count). The first-order chi connectivity index (χ1) is 22.2. The molecule has 3 saturated carbocycles. The molecule has 0 saturated heterocycles. The van der Waals surface area contributed by atoms with Gasteiger partial charge in [-0.1, -0.05) is 111 Å². The molecule has 0 amide bonds. The number of hydrogen-bond acceptors (Lipinski definition) is 3. The maximum absolute atomic E-state index is 13.2. The Labute approximate surface area is 283 Å². The van der Waals surface area contributed by atoms with Crippen LogP contribution in [-0.2, 0) is 4.74 Å². The maximum atomic E-state index is 13.2. The number of rotatable bonds is 16. The Morgan fingerprint density at radius 3 is 2.33 bits per heavy atom. The van der Waals surface area contributed by atoms with E-state index in [0.29, 0.717) is 11.0 Å². The largest absolute Gasteiger partial charge is 0.494 e. The van der Waals surface area contributed by atoms with Crippen LogP contribution in [0.5, 0.6) is 5.75 Å². The van der Waals surface area contributed by atoms with E-state index in [1.807, 2.05) is 24.3 Å². The molecule has 3 nitrogen and oxygen atoms in total. The maximum Gasteiger partial charge on any atom is 0.338 e. The number of carbonyl (C=O) groups excluding carboxylic acids is 1. The average molecular weight is 633 g/mol. The third-order valence-electron chi connectivity index (χ3n) is 13.6. The Balaban J connectivity index is 1.10. The second-order valence-corrected chi connectivity index (χ2v) is 17.1. The number of fused-ring (bicyclic) bond motifs is 5. The fourth-order valence-corrected chi connectivity index (χ4v) is 10.9. The van der Waals surface area contributed by atoms with Gasteiger partial charge >= 0.3 is 5.97 Å². The molecule has 1 aromatic carbocycles. The van der Waals surface area contributed by atoms with Gasteiger partial charge in [-0.2, -0.15) is 0 Å². The second kappa shape index (κ2) is 16.1. The smallest absolute Gasteiger partial charge is 0.338 e. The summed E-state index contributed by atoms with van der Waals surface area (Å²) in [4.78, 5) is 13.2. The Bertz CT molecular complexity index is 1140. The number of hydrogen-bond donors (Lipinski definition) is 0. The number of esters is 1. The van der Waals surface area contributed by atoms with Crippen molar-refractivity contribution in [1.82, 2.24) is 0 Å². The van der Waals surface area contributed by atoms with Gasteiger partial charge < -0.3 is 9.47 Å². The minimum absolute atomic E-state index is 0.00645. The molecule has 4 aliphatic carbocycles. The number of carbonyl (C=O) groups is 1. The van der Waals surface area contributed by atoms with Gasteiger partial charge in [0.15, 0.2) is 0 Å². The molecule has 0 aliphatic heterocycles. The number of unbranched alkanes of at least 4 members (excludes halogenated alkanes) is 6. The van der Waals surface area contributed by atoms with Gasteiger partial charge in [0.1, 0.15) is 11.9 Å². The van der Waals surface area contributed by atoms with Crippen LogP contribution in [-0.4, -0.2) is 18.7 Å². The van der Waals surface area contributed by atoms with E-state index in [-0.39, 0.29) is 17.5 Å². The third-order valence-corrected chi connectivity index (χ3v) is 13.6. The third kappa shape index (κ3) is 8.08. The van der Waals surface area contributed by atoms with Gasteiger partial charge in [0, 0.05) is 6.42 Å². The molecule has 0 bridgehead atoms. The summed E-state index contributed by atoms with van der Waals surface area (Å²) in [6.07, 6.45) is 25.7. The van der Waals surface area contributed by atoms with Gasteiger partial charge in [0.2, 0.25) is 0 Å². The van der Waals surface area contributed by atoms with Crippen LogP contribution >= 0.6 is 0 Å². The van der Waals surface area contributed by atoms with Gasteiger partial charge in [-0.05, 0) is 122 Å². The van der Waals surface area contributed by atoms with Crippen molar-refractivity contribution >= 4 is 5.97 Å². The van der Waals surface area contributed by atoms with Crippen LogP contribution in [0.3, 0.4) is 0 Å². The zero-order chi connectivity index (χ0) is 32.7. The van der Waals surface area contributed by atoms with Gasteiger partial charge in [0.25, 0.3) is 0 Å². The predicted molar refractivity (Wildman–Crippen MR) is 192 cm³/mol.